The van der Waals surface area contributed by atoms with Crippen molar-refractivity contribution in [2.45, 2.75) is 13.8 Å². The molecule has 0 atom stereocenters. The van der Waals surface area contributed by atoms with E-state index >= 15 is 0 Å². The van der Waals surface area contributed by atoms with Crippen LogP contribution in [0.1, 0.15) is 17.1 Å². The first-order chi connectivity index (χ1) is 8.13. The van der Waals surface area contributed by atoms with Gasteiger partial charge in [-0.2, -0.15) is 0 Å². The monoisotopic (exact) mass is 231 g/mol. The fourth-order valence-corrected chi connectivity index (χ4v) is 1.49. The standard InChI is InChI=1S/C11H13N5O/c1-7-8(2)14-10(6-13-7)16-5-3-4-9(16)11(12)15-17/h3-6,17H,1-2H3,(H2,12,15). The summed E-state index contributed by atoms with van der Waals surface area (Å²) in [6.07, 6.45) is 3.43. The molecule has 0 fully saturated rings. The van der Waals surface area contributed by atoms with Crippen LogP contribution in [0.4, 0.5) is 0 Å². The molecule has 2 rings (SSSR count). The fourth-order valence-electron chi connectivity index (χ4n) is 1.49. The maximum Gasteiger partial charge on any atom is 0.187 e. The summed E-state index contributed by atoms with van der Waals surface area (Å²) in [6, 6.07) is 3.54. The fraction of sp³-hybridized carbons (Fsp3) is 0.182. The van der Waals surface area contributed by atoms with Gasteiger partial charge in [0.2, 0.25) is 0 Å². The molecule has 0 unspecified atom stereocenters. The number of amidine groups is 1. The Balaban J connectivity index is 2.54. The van der Waals surface area contributed by atoms with Gasteiger partial charge in [-0.1, -0.05) is 5.16 Å². The largest absolute Gasteiger partial charge is 0.409 e. The van der Waals surface area contributed by atoms with Crippen LogP contribution in [0.15, 0.2) is 29.7 Å². The van der Waals surface area contributed by atoms with E-state index in [9.17, 15) is 0 Å². The molecule has 0 bridgehead atoms. The number of nitrogens with two attached hydrogens (primary N) is 1. The van der Waals surface area contributed by atoms with Crippen molar-refractivity contribution in [2.75, 3.05) is 0 Å². The second-order valence-electron chi connectivity index (χ2n) is 3.65. The van der Waals surface area contributed by atoms with Gasteiger partial charge in [0.1, 0.15) is 0 Å². The molecule has 0 saturated carbocycles. The molecule has 3 N–H and O–H groups in total. The van der Waals surface area contributed by atoms with Crippen LogP contribution in [0.3, 0.4) is 0 Å². The summed E-state index contributed by atoms with van der Waals surface area (Å²) in [5.41, 5.74) is 7.88. The van der Waals surface area contributed by atoms with Crippen LogP contribution in [0, 0.1) is 13.8 Å². The van der Waals surface area contributed by atoms with Crippen molar-refractivity contribution >= 4 is 5.84 Å². The highest BCUT2D eigenvalue weighted by Crippen LogP contribution is 2.11. The molecule has 0 aliphatic heterocycles. The number of hydrogen-bond donors (Lipinski definition) is 2. The van der Waals surface area contributed by atoms with Crippen molar-refractivity contribution in [1.82, 2.24) is 14.5 Å². The zero-order chi connectivity index (χ0) is 12.4. The molecule has 17 heavy (non-hydrogen) atoms. The van der Waals surface area contributed by atoms with Gasteiger partial charge < -0.3 is 10.9 Å². The van der Waals surface area contributed by atoms with E-state index in [1.54, 1.807) is 29.1 Å². The molecule has 0 spiro atoms. The SMILES string of the molecule is Cc1ncc(-n2cccc2/C(N)=N/O)nc1C. The molecule has 2 aromatic heterocycles. The number of nitrogens with zero attached hydrogens (tertiary/aromatic N) is 4. The Morgan fingerprint density at radius 1 is 1.41 bits per heavy atom. The molecule has 0 amide bonds. The second kappa shape index (κ2) is 4.25. The van der Waals surface area contributed by atoms with Crippen LogP contribution < -0.4 is 5.73 Å². The Bertz CT molecular complexity index is 573. The van der Waals surface area contributed by atoms with Crippen LogP contribution >= 0.6 is 0 Å². The molecule has 2 aromatic rings. The number of aryl methyl sites for hydroxylation is 2. The van der Waals surface area contributed by atoms with Gasteiger partial charge >= 0.3 is 0 Å². The first-order valence-electron chi connectivity index (χ1n) is 5.09. The minimum atomic E-state index is 0.0371. The first kappa shape index (κ1) is 11.1. The number of oxime groups is 1. The van der Waals surface area contributed by atoms with Gasteiger partial charge in [0.25, 0.3) is 0 Å². The highest BCUT2D eigenvalue weighted by Gasteiger charge is 2.09. The van der Waals surface area contributed by atoms with Crippen LogP contribution in [-0.2, 0) is 0 Å². The topological polar surface area (TPSA) is 89.3 Å². The highest BCUT2D eigenvalue weighted by molar-refractivity contribution is 5.96. The third-order valence-electron chi connectivity index (χ3n) is 2.55. The van der Waals surface area contributed by atoms with E-state index in [-0.39, 0.29) is 5.84 Å². The van der Waals surface area contributed by atoms with Gasteiger partial charge in [-0.15, -0.1) is 0 Å². The molecule has 88 valence electrons. The van der Waals surface area contributed by atoms with Crippen LogP contribution in [0.2, 0.25) is 0 Å². The molecule has 6 heteroatoms. The number of hydrogen-bond acceptors (Lipinski definition) is 4. The summed E-state index contributed by atoms with van der Waals surface area (Å²) in [6.45, 7) is 3.78. The zero-order valence-electron chi connectivity index (χ0n) is 9.62. The van der Waals surface area contributed by atoms with Crippen molar-refractivity contribution in [3.05, 3.63) is 41.6 Å². The molecule has 0 aromatic carbocycles. The minimum absolute atomic E-state index is 0.0371. The van der Waals surface area contributed by atoms with Gasteiger partial charge in [0.05, 0.1) is 23.3 Å². The average molecular weight is 231 g/mol. The normalized spacial score (nSPS) is 11.8. The van der Waals surface area contributed by atoms with E-state index in [0.717, 1.165) is 11.4 Å². The molecule has 0 radical (unpaired) electrons. The third-order valence-corrected chi connectivity index (χ3v) is 2.55. The quantitative estimate of drug-likeness (QED) is 0.349. The minimum Gasteiger partial charge on any atom is -0.409 e. The Kier molecular flexibility index (Phi) is 2.78. The summed E-state index contributed by atoms with van der Waals surface area (Å²) < 4.78 is 1.72. The maximum atomic E-state index is 8.69. The maximum absolute atomic E-state index is 8.69. The molecular formula is C11H13N5O. The van der Waals surface area contributed by atoms with E-state index < -0.39 is 0 Å². The highest BCUT2D eigenvalue weighted by atomic mass is 16.4. The Morgan fingerprint density at radius 3 is 2.82 bits per heavy atom. The molecule has 2 heterocycles. The third kappa shape index (κ3) is 1.96. The van der Waals surface area contributed by atoms with Gasteiger partial charge in [-0.3, -0.25) is 9.55 Å². The van der Waals surface area contributed by atoms with Crippen molar-refractivity contribution in [1.29, 1.82) is 0 Å². The van der Waals surface area contributed by atoms with Crippen LogP contribution in [0.5, 0.6) is 0 Å². The van der Waals surface area contributed by atoms with Crippen LogP contribution in [-0.4, -0.2) is 25.6 Å². The van der Waals surface area contributed by atoms with Crippen LogP contribution in [0.25, 0.3) is 5.82 Å². The summed E-state index contributed by atoms with van der Waals surface area (Å²) in [5.74, 6) is 0.676. The Labute approximate surface area is 98.4 Å². The predicted octanol–water partition coefficient (Wildman–Crippen LogP) is 0.979. The van der Waals surface area contributed by atoms with Crippen molar-refractivity contribution in [2.24, 2.45) is 10.9 Å². The lowest BCUT2D eigenvalue weighted by Gasteiger charge is -2.08. The Hall–Kier alpha value is -2.37. The van der Waals surface area contributed by atoms with Crippen molar-refractivity contribution < 1.29 is 5.21 Å². The lowest BCUT2D eigenvalue weighted by molar-refractivity contribution is 0.318. The second-order valence-corrected chi connectivity index (χ2v) is 3.65. The molecule has 0 aliphatic carbocycles. The van der Waals surface area contributed by atoms with E-state index in [0.29, 0.717) is 11.5 Å². The summed E-state index contributed by atoms with van der Waals surface area (Å²) in [7, 11) is 0. The lowest BCUT2D eigenvalue weighted by Crippen LogP contribution is -2.18. The summed E-state index contributed by atoms with van der Waals surface area (Å²) in [4.78, 5) is 8.64. The Morgan fingerprint density at radius 2 is 2.18 bits per heavy atom. The first-order valence-corrected chi connectivity index (χ1v) is 5.09. The average Bonchev–Trinajstić information content (AvgIpc) is 2.80. The smallest absolute Gasteiger partial charge is 0.187 e. The van der Waals surface area contributed by atoms with Crippen molar-refractivity contribution in [3.63, 3.8) is 0 Å². The molecule has 0 saturated heterocycles. The predicted molar refractivity (Wildman–Crippen MR) is 63.3 cm³/mol. The zero-order valence-corrected chi connectivity index (χ0v) is 9.62. The van der Waals surface area contributed by atoms with Gasteiger partial charge in [-0.05, 0) is 26.0 Å². The molecule has 0 aliphatic rings. The van der Waals surface area contributed by atoms with E-state index in [1.807, 2.05) is 13.8 Å². The number of rotatable bonds is 2. The molecular weight excluding hydrogens is 218 g/mol. The van der Waals surface area contributed by atoms with E-state index in [2.05, 4.69) is 15.1 Å². The van der Waals surface area contributed by atoms with Gasteiger partial charge in [0.15, 0.2) is 11.7 Å². The summed E-state index contributed by atoms with van der Waals surface area (Å²) in [5, 5.41) is 11.7. The van der Waals surface area contributed by atoms with E-state index in [4.69, 9.17) is 10.9 Å². The summed E-state index contributed by atoms with van der Waals surface area (Å²) >= 11 is 0. The van der Waals surface area contributed by atoms with E-state index in [1.165, 1.54) is 0 Å². The molecule has 6 nitrogen and oxygen atoms in total. The lowest BCUT2D eigenvalue weighted by atomic mass is 10.3. The van der Waals surface area contributed by atoms with Gasteiger partial charge in [0, 0.05) is 6.20 Å². The number of aromatic nitrogens is 3. The van der Waals surface area contributed by atoms with Crippen molar-refractivity contribution in [3.8, 4) is 5.82 Å². The van der Waals surface area contributed by atoms with Gasteiger partial charge in [-0.25, -0.2) is 4.98 Å².